The van der Waals surface area contributed by atoms with Gasteiger partial charge in [0.25, 0.3) is 0 Å². The van der Waals surface area contributed by atoms with Crippen LogP contribution < -0.4 is 9.64 Å². The zero-order valence-corrected chi connectivity index (χ0v) is 11.2. The molecule has 1 aromatic rings. The first-order valence-electron chi connectivity index (χ1n) is 6.34. The van der Waals surface area contributed by atoms with Crippen molar-refractivity contribution in [2.45, 2.75) is 19.4 Å². The number of methoxy groups -OCH3 is 1. The Bertz CT molecular complexity index is 464. The normalized spacial score (nSPS) is 19.3. The fraction of sp³-hybridized carbons (Fsp3) is 0.538. The minimum absolute atomic E-state index is 0.00782. The van der Waals surface area contributed by atoms with Crippen LogP contribution >= 0.6 is 0 Å². The van der Waals surface area contributed by atoms with Gasteiger partial charge in [-0.05, 0) is 12.5 Å². The zero-order valence-electron chi connectivity index (χ0n) is 11.2. The van der Waals surface area contributed by atoms with Gasteiger partial charge in [0.15, 0.2) is 5.75 Å². The summed E-state index contributed by atoms with van der Waals surface area (Å²) in [5.74, 6) is 0.294. The van der Waals surface area contributed by atoms with Crippen LogP contribution in [0.3, 0.4) is 0 Å². The maximum absolute atomic E-state index is 10.9. The molecule has 1 aliphatic rings. The summed E-state index contributed by atoms with van der Waals surface area (Å²) in [5.41, 5.74) is 0.927. The van der Waals surface area contributed by atoms with E-state index in [1.165, 1.54) is 13.2 Å². The molecule has 2 rings (SSSR count). The molecule has 0 spiro atoms. The van der Waals surface area contributed by atoms with Gasteiger partial charge >= 0.3 is 5.69 Å². The molecule has 104 valence electrons. The van der Waals surface area contributed by atoms with Crippen molar-refractivity contribution in [1.82, 2.24) is 0 Å². The first-order chi connectivity index (χ1) is 9.15. The smallest absolute Gasteiger partial charge is 0.311 e. The molecule has 0 amide bonds. The summed E-state index contributed by atoms with van der Waals surface area (Å²) in [6, 6.07) is 4.97. The molecule has 0 aromatic heterocycles. The molecule has 19 heavy (non-hydrogen) atoms. The Kier molecular flexibility index (Phi) is 4.21. The van der Waals surface area contributed by atoms with Crippen molar-refractivity contribution in [1.29, 1.82) is 0 Å². The Balaban J connectivity index is 2.23. The van der Waals surface area contributed by atoms with Gasteiger partial charge in [-0.3, -0.25) is 10.1 Å². The van der Waals surface area contributed by atoms with Gasteiger partial charge in [-0.15, -0.1) is 0 Å². The Morgan fingerprint density at radius 1 is 1.58 bits per heavy atom. The molecular weight excluding hydrogens is 248 g/mol. The molecule has 1 saturated heterocycles. The van der Waals surface area contributed by atoms with Crippen LogP contribution in [0.25, 0.3) is 0 Å². The van der Waals surface area contributed by atoms with E-state index in [1.54, 1.807) is 12.1 Å². The second-order valence-electron chi connectivity index (χ2n) is 4.46. The van der Waals surface area contributed by atoms with Gasteiger partial charge in [-0.1, -0.05) is 6.92 Å². The van der Waals surface area contributed by atoms with Crippen LogP contribution in [-0.4, -0.2) is 37.8 Å². The maximum atomic E-state index is 10.9. The third kappa shape index (κ3) is 2.96. The lowest BCUT2D eigenvalue weighted by atomic mass is 10.2. The van der Waals surface area contributed by atoms with Crippen molar-refractivity contribution in [3.63, 3.8) is 0 Å². The number of anilines is 1. The molecule has 0 unspecified atom stereocenters. The highest BCUT2D eigenvalue weighted by molar-refractivity contribution is 5.59. The second kappa shape index (κ2) is 5.88. The average Bonchev–Trinajstić information content (AvgIpc) is 2.46. The average molecular weight is 266 g/mol. The second-order valence-corrected chi connectivity index (χ2v) is 4.46. The van der Waals surface area contributed by atoms with E-state index in [4.69, 9.17) is 9.47 Å². The minimum Gasteiger partial charge on any atom is -0.490 e. The molecule has 1 heterocycles. The third-order valence-electron chi connectivity index (χ3n) is 3.32. The number of morpholine rings is 1. The molecule has 1 aromatic carbocycles. The van der Waals surface area contributed by atoms with Crippen molar-refractivity contribution >= 4 is 11.4 Å². The van der Waals surface area contributed by atoms with Crippen LogP contribution in [0.4, 0.5) is 11.4 Å². The van der Waals surface area contributed by atoms with Crippen molar-refractivity contribution in [3.05, 3.63) is 28.3 Å². The summed E-state index contributed by atoms with van der Waals surface area (Å²) in [6.07, 6.45) is 1.18. The van der Waals surface area contributed by atoms with E-state index in [0.717, 1.165) is 25.2 Å². The third-order valence-corrected chi connectivity index (χ3v) is 3.32. The van der Waals surface area contributed by atoms with Crippen LogP contribution in [0.15, 0.2) is 18.2 Å². The molecule has 0 bridgehead atoms. The van der Waals surface area contributed by atoms with Gasteiger partial charge < -0.3 is 14.4 Å². The summed E-state index contributed by atoms with van der Waals surface area (Å²) >= 11 is 0. The molecule has 0 N–H and O–H groups in total. The van der Waals surface area contributed by atoms with Crippen LogP contribution in [0, 0.1) is 10.1 Å². The van der Waals surface area contributed by atoms with Crippen LogP contribution in [0.1, 0.15) is 13.3 Å². The van der Waals surface area contributed by atoms with E-state index in [0.29, 0.717) is 12.4 Å². The monoisotopic (exact) mass is 266 g/mol. The SMILES string of the molecule is CC[C@@H]1CN(c2ccc([N+](=O)[O-])c(OC)c2)CCO1. The fourth-order valence-electron chi connectivity index (χ4n) is 2.21. The van der Waals surface area contributed by atoms with Gasteiger partial charge in [0.05, 0.1) is 24.7 Å². The molecule has 6 heteroatoms. The van der Waals surface area contributed by atoms with E-state index in [9.17, 15) is 10.1 Å². The Hall–Kier alpha value is -1.82. The van der Waals surface area contributed by atoms with Crippen molar-refractivity contribution in [2.75, 3.05) is 31.7 Å². The standard InChI is InChI=1S/C13H18N2O4/c1-3-11-9-14(6-7-19-11)10-4-5-12(15(16)17)13(8-10)18-2/h4-5,8,11H,3,6-7,9H2,1-2H3/t11-/m1/s1. The lowest BCUT2D eigenvalue weighted by molar-refractivity contribution is -0.385. The number of hydrogen-bond donors (Lipinski definition) is 0. The molecule has 1 aliphatic heterocycles. The maximum Gasteiger partial charge on any atom is 0.311 e. The first-order valence-corrected chi connectivity index (χ1v) is 6.34. The first kappa shape index (κ1) is 13.6. The van der Waals surface area contributed by atoms with Crippen LogP contribution in [0.2, 0.25) is 0 Å². The molecule has 6 nitrogen and oxygen atoms in total. The number of hydrogen-bond acceptors (Lipinski definition) is 5. The fourth-order valence-corrected chi connectivity index (χ4v) is 2.21. The lowest BCUT2D eigenvalue weighted by Crippen LogP contribution is -2.42. The van der Waals surface area contributed by atoms with E-state index in [-0.39, 0.29) is 11.8 Å². The number of ether oxygens (including phenoxy) is 2. The van der Waals surface area contributed by atoms with Crippen molar-refractivity contribution in [2.24, 2.45) is 0 Å². The molecule has 1 atom stereocenters. The van der Waals surface area contributed by atoms with Gasteiger partial charge in [-0.25, -0.2) is 0 Å². The number of benzene rings is 1. The van der Waals surface area contributed by atoms with Crippen molar-refractivity contribution < 1.29 is 14.4 Å². The van der Waals surface area contributed by atoms with Crippen LogP contribution in [-0.2, 0) is 4.74 Å². The largest absolute Gasteiger partial charge is 0.490 e. The number of nitro benzene ring substituents is 1. The minimum atomic E-state index is -0.434. The molecular formula is C13H18N2O4. The van der Waals surface area contributed by atoms with Crippen LogP contribution in [0.5, 0.6) is 5.75 Å². The van der Waals surface area contributed by atoms with E-state index in [2.05, 4.69) is 11.8 Å². The summed E-state index contributed by atoms with van der Waals surface area (Å²) < 4.78 is 10.7. The zero-order chi connectivity index (χ0) is 13.8. The quantitative estimate of drug-likeness (QED) is 0.617. The van der Waals surface area contributed by atoms with Gasteiger partial charge in [0, 0.05) is 30.9 Å². The lowest BCUT2D eigenvalue weighted by Gasteiger charge is -2.34. The highest BCUT2D eigenvalue weighted by Crippen LogP contribution is 2.32. The predicted octanol–water partition coefficient (Wildman–Crippen LogP) is 2.22. The highest BCUT2D eigenvalue weighted by Gasteiger charge is 2.22. The predicted molar refractivity (Wildman–Crippen MR) is 71.9 cm³/mol. The van der Waals surface area contributed by atoms with E-state index in [1.807, 2.05) is 0 Å². The summed E-state index contributed by atoms with van der Waals surface area (Å²) in [5, 5.41) is 10.9. The van der Waals surface area contributed by atoms with Gasteiger partial charge in [-0.2, -0.15) is 0 Å². The Morgan fingerprint density at radius 2 is 2.37 bits per heavy atom. The molecule has 0 saturated carbocycles. The Labute approximate surface area is 112 Å². The molecule has 1 fully saturated rings. The summed E-state index contributed by atoms with van der Waals surface area (Å²) in [6.45, 7) is 4.36. The molecule has 0 aliphatic carbocycles. The number of nitrogens with zero attached hydrogens (tertiary/aromatic N) is 2. The topological polar surface area (TPSA) is 64.8 Å². The van der Waals surface area contributed by atoms with E-state index < -0.39 is 4.92 Å². The Morgan fingerprint density at radius 3 is 3.00 bits per heavy atom. The number of nitro groups is 1. The summed E-state index contributed by atoms with van der Waals surface area (Å²) in [4.78, 5) is 12.6. The highest BCUT2D eigenvalue weighted by atomic mass is 16.6. The molecule has 0 radical (unpaired) electrons. The van der Waals surface area contributed by atoms with Gasteiger partial charge in [0.1, 0.15) is 0 Å². The van der Waals surface area contributed by atoms with E-state index >= 15 is 0 Å². The number of rotatable bonds is 4. The summed E-state index contributed by atoms with van der Waals surface area (Å²) in [7, 11) is 1.44. The van der Waals surface area contributed by atoms with Crippen molar-refractivity contribution in [3.8, 4) is 5.75 Å². The van der Waals surface area contributed by atoms with Gasteiger partial charge in [0.2, 0.25) is 0 Å².